The molecule has 10 nitrogen and oxygen atoms in total. The quantitative estimate of drug-likeness (QED) is 0.0601. The van der Waals surface area contributed by atoms with Crippen molar-refractivity contribution in [3.8, 4) is 34.5 Å². The molecule has 0 fully saturated rings. The van der Waals surface area contributed by atoms with Gasteiger partial charge in [-0.15, -0.1) is 0 Å². The molecule has 0 spiro atoms. The van der Waals surface area contributed by atoms with Crippen molar-refractivity contribution < 1.29 is 64.7 Å². The minimum atomic E-state index is -0.482. The Labute approximate surface area is 304 Å². The Balaban J connectivity index is 0.000000224. The van der Waals surface area contributed by atoms with Gasteiger partial charge < -0.3 is 63.0 Å². The summed E-state index contributed by atoms with van der Waals surface area (Å²) < 4.78 is 31.1. The Morgan fingerprint density at radius 2 is 0.804 bits per heavy atom. The van der Waals surface area contributed by atoms with E-state index in [2.05, 4.69) is 0 Å². The van der Waals surface area contributed by atoms with Gasteiger partial charge in [0, 0.05) is 17.1 Å². The van der Waals surface area contributed by atoms with Crippen molar-refractivity contribution in [3.05, 3.63) is 168 Å². The molecule has 0 aliphatic carbocycles. The van der Waals surface area contributed by atoms with Crippen LogP contribution < -0.4 is 28.4 Å². The van der Waals surface area contributed by atoms with Crippen LogP contribution >= 0.6 is 0 Å². The first-order chi connectivity index (χ1) is 24.3. The van der Waals surface area contributed by atoms with E-state index in [1.807, 2.05) is 0 Å². The third-order valence-corrected chi connectivity index (χ3v) is 6.94. The van der Waals surface area contributed by atoms with Gasteiger partial charge in [0.2, 0.25) is 0 Å². The molecule has 264 valence electrons. The number of hydrogen-bond acceptors (Lipinski definition) is 10. The molecular formula is C40H30FeO10-6. The standard InChI is InChI=1S/2C20H15O5.Fe/c2*1-23-16-8-6-15(7-9-16)20(22)25-18-12-10-17(11-13-18)24-19(21)14-4-2-3-5-14;/h2*2-13H,1H3;/q-5;-1;. The zero-order valence-electron chi connectivity index (χ0n) is 27.3. The summed E-state index contributed by atoms with van der Waals surface area (Å²) in [6, 6.07) is 39.5. The molecule has 0 unspecified atom stereocenters. The fraction of sp³-hybridized carbons (Fsp3) is 0.0500. The van der Waals surface area contributed by atoms with Crippen molar-refractivity contribution in [3.63, 3.8) is 0 Å². The predicted molar refractivity (Wildman–Crippen MR) is 183 cm³/mol. The van der Waals surface area contributed by atoms with Crippen LogP contribution in [0.25, 0.3) is 0 Å². The molecule has 0 aliphatic rings. The minimum absolute atomic E-state index is 0. The molecule has 0 bridgehead atoms. The number of carbonyl (C=O) groups excluding carboxylic acids is 4. The summed E-state index contributed by atoms with van der Waals surface area (Å²) in [6.07, 6.45) is 0. The van der Waals surface area contributed by atoms with E-state index in [1.54, 1.807) is 160 Å². The van der Waals surface area contributed by atoms with E-state index in [1.165, 1.54) is 0 Å². The van der Waals surface area contributed by atoms with Crippen molar-refractivity contribution >= 4 is 23.9 Å². The van der Waals surface area contributed by atoms with E-state index in [-0.39, 0.29) is 17.1 Å². The number of ether oxygens (including phenoxy) is 6. The van der Waals surface area contributed by atoms with Crippen LogP contribution in [0, 0.1) is 0 Å². The number of esters is 4. The van der Waals surface area contributed by atoms with E-state index in [4.69, 9.17) is 28.4 Å². The van der Waals surface area contributed by atoms with Gasteiger partial charge in [0.1, 0.15) is 28.7 Å². The van der Waals surface area contributed by atoms with E-state index in [0.717, 1.165) is 0 Å². The Morgan fingerprint density at radius 3 is 1.18 bits per heavy atom. The van der Waals surface area contributed by atoms with Crippen molar-refractivity contribution in [2.75, 3.05) is 14.2 Å². The average molecular weight is 727 g/mol. The maximum Gasteiger partial charge on any atom is 0.343 e. The zero-order valence-corrected chi connectivity index (χ0v) is 28.4. The van der Waals surface area contributed by atoms with E-state index >= 15 is 0 Å². The van der Waals surface area contributed by atoms with E-state index in [0.29, 0.717) is 56.8 Å². The second-order valence-corrected chi connectivity index (χ2v) is 10.3. The SMILES string of the molecule is COc1ccc(C(=O)Oc2ccc(OC(=O)[c-]3[cH-][cH-][cH-][cH-]3)cc2)cc1.COc1ccc(C(=O)Oc2ccc(OC(=O)[c-]3cccc3)cc2)cc1.[Fe]. The van der Waals surface area contributed by atoms with Gasteiger partial charge in [0.05, 0.1) is 31.1 Å². The molecule has 0 radical (unpaired) electrons. The number of methoxy groups -OCH3 is 2. The molecule has 6 rings (SSSR count). The van der Waals surface area contributed by atoms with Crippen LogP contribution in [0.2, 0.25) is 0 Å². The summed E-state index contributed by atoms with van der Waals surface area (Å²) in [5, 5.41) is 0. The first kappa shape index (κ1) is 37.4. The Hall–Kier alpha value is -6.42. The smallest absolute Gasteiger partial charge is 0.343 e. The number of rotatable bonds is 10. The fourth-order valence-corrected chi connectivity index (χ4v) is 4.29. The molecular weight excluding hydrogens is 696 g/mol. The molecule has 51 heavy (non-hydrogen) atoms. The number of carbonyl (C=O) groups is 4. The van der Waals surface area contributed by atoms with Crippen LogP contribution in [0.15, 0.2) is 146 Å². The summed E-state index contributed by atoms with van der Waals surface area (Å²) in [7, 11) is 3.11. The van der Waals surface area contributed by atoms with Crippen molar-refractivity contribution in [1.29, 1.82) is 0 Å². The Kier molecular flexibility index (Phi) is 13.5. The average Bonchev–Trinajstić information content (AvgIpc) is 3.90. The molecule has 0 N–H and O–H groups in total. The van der Waals surface area contributed by atoms with Crippen LogP contribution in [0.1, 0.15) is 41.4 Å². The van der Waals surface area contributed by atoms with Crippen LogP contribution in [0.4, 0.5) is 0 Å². The molecule has 0 heterocycles. The summed E-state index contributed by atoms with van der Waals surface area (Å²) in [4.78, 5) is 47.9. The molecule has 0 amide bonds. The van der Waals surface area contributed by atoms with Gasteiger partial charge in [0.15, 0.2) is 0 Å². The van der Waals surface area contributed by atoms with Crippen LogP contribution in [-0.2, 0) is 17.1 Å². The second kappa shape index (κ2) is 18.4. The first-order valence-corrected chi connectivity index (χ1v) is 15.1. The van der Waals surface area contributed by atoms with Crippen molar-refractivity contribution in [2.45, 2.75) is 0 Å². The minimum Gasteiger partial charge on any atom is -0.680 e. The molecule has 0 aromatic heterocycles. The van der Waals surface area contributed by atoms with Gasteiger partial charge in [-0.2, -0.15) is 12.1 Å². The van der Waals surface area contributed by atoms with Gasteiger partial charge in [-0.1, -0.05) is 11.5 Å². The van der Waals surface area contributed by atoms with Crippen molar-refractivity contribution in [2.24, 2.45) is 0 Å². The molecule has 6 aromatic rings. The van der Waals surface area contributed by atoms with Gasteiger partial charge >= 0.3 is 11.9 Å². The third kappa shape index (κ3) is 10.8. The molecule has 6 aromatic carbocycles. The van der Waals surface area contributed by atoms with Gasteiger partial charge in [-0.3, -0.25) is 4.79 Å². The Bertz CT molecular complexity index is 1850. The van der Waals surface area contributed by atoms with E-state index in [9.17, 15) is 19.2 Å². The summed E-state index contributed by atoms with van der Waals surface area (Å²) in [6.45, 7) is 0. The molecule has 0 saturated carbocycles. The third-order valence-electron chi connectivity index (χ3n) is 6.94. The molecule has 0 saturated heterocycles. The molecule has 0 aliphatic heterocycles. The van der Waals surface area contributed by atoms with Gasteiger partial charge in [-0.25, -0.2) is 21.7 Å². The number of hydrogen-bond donors (Lipinski definition) is 0. The van der Waals surface area contributed by atoms with Crippen LogP contribution in [0.3, 0.4) is 0 Å². The topological polar surface area (TPSA) is 124 Å². The Morgan fingerprint density at radius 1 is 0.471 bits per heavy atom. The molecule has 11 heteroatoms. The molecule has 0 atom stereocenters. The second-order valence-electron chi connectivity index (χ2n) is 10.3. The monoisotopic (exact) mass is 726 g/mol. The largest absolute Gasteiger partial charge is 0.680 e. The van der Waals surface area contributed by atoms with E-state index < -0.39 is 23.9 Å². The zero-order chi connectivity index (χ0) is 35.3. The number of benzene rings is 4. The normalized spacial score (nSPS) is 9.92. The van der Waals surface area contributed by atoms with Crippen molar-refractivity contribution in [1.82, 2.24) is 0 Å². The van der Waals surface area contributed by atoms with Crippen LogP contribution in [0.5, 0.6) is 34.5 Å². The van der Waals surface area contributed by atoms with Gasteiger partial charge in [0.25, 0.3) is 5.97 Å². The first-order valence-electron chi connectivity index (χ1n) is 15.1. The van der Waals surface area contributed by atoms with Gasteiger partial charge in [-0.05, 0) is 97.1 Å². The summed E-state index contributed by atoms with van der Waals surface area (Å²) in [5.74, 6) is 0.933. The fourth-order valence-electron chi connectivity index (χ4n) is 4.29. The predicted octanol–water partition coefficient (Wildman–Crippen LogP) is 7.70. The summed E-state index contributed by atoms with van der Waals surface area (Å²) in [5.41, 5.74) is 1.78. The van der Waals surface area contributed by atoms with Crippen LogP contribution in [-0.4, -0.2) is 38.1 Å². The summed E-state index contributed by atoms with van der Waals surface area (Å²) >= 11 is 0. The maximum atomic E-state index is 12.1. The maximum absolute atomic E-state index is 12.1.